The van der Waals surface area contributed by atoms with E-state index in [0.29, 0.717) is 6.42 Å². The molecule has 138 valence electrons. The summed E-state index contributed by atoms with van der Waals surface area (Å²) in [5.74, 6) is 0.113. The molecule has 0 bridgehead atoms. The third-order valence-corrected chi connectivity index (χ3v) is 4.72. The van der Waals surface area contributed by atoms with E-state index >= 15 is 0 Å². The molecule has 0 saturated heterocycles. The van der Waals surface area contributed by atoms with Crippen LogP contribution in [-0.4, -0.2) is 10.9 Å². The van der Waals surface area contributed by atoms with E-state index in [0.717, 1.165) is 36.0 Å². The lowest BCUT2D eigenvalue weighted by Crippen LogP contribution is -2.26. The Morgan fingerprint density at radius 1 is 0.963 bits per heavy atom. The highest BCUT2D eigenvalue weighted by Gasteiger charge is 2.10. The average molecular weight is 358 g/mol. The molecule has 0 fully saturated rings. The molecule has 0 aliphatic rings. The zero-order valence-electron chi connectivity index (χ0n) is 15.8. The number of nitrogens with zero attached hydrogens (tertiary/aromatic N) is 1. The Morgan fingerprint density at radius 3 is 2.56 bits per heavy atom. The van der Waals surface area contributed by atoms with Crippen molar-refractivity contribution in [3.05, 3.63) is 90.3 Å². The Hall–Kier alpha value is -2.94. The van der Waals surface area contributed by atoms with Gasteiger partial charge in [-0.1, -0.05) is 54.6 Å². The zero-order valence-corrected chi connectivity index (χ0v) is 15.8. The van der Waals surface area contributed by atoms with E-state index in [1.54, 1.807) is 6.20 Å². The number of nitrogens with one attached hydrogen (secondary N) is 1. The molecule has 1 aromatic heterocycles. The van der Waals surface area contributed by atoms with Gasteiger partial charge in [-0.05, 0) is 60.6 Å². The van der Waals surface area contributed by atoms with Crippen molar-refractivity contribution in [2.24, 2.45) is 0 Å². The number of benzene rings is 2. The number of hydrogen-bond acceptors (Lipinski definition) is 2. The van der Waals surface area contributed by atoms with Crippen molar-refractivity contribution in [2.45, 2.75) is 38.6 Å². The second kappa shape index (κ2) is 9.67. The maximum Gasteiger partial charge on any atom is 0.220 e. The molecule has 0 aliphatic carbocycles. The maximum atomic E-state index is 12.3. The van der Waals surface area contributed by atoms with Crippen molar-refractivity contribution in [2.75, 3.05) is 0 Å². The summed E-state index contributed by atoms with van der Waals surface area (Å²) < 4.78 is 0. The lowest BCUT2D eigenvalue weighted by Gasteiger charge is -2.15. The number of aromatic nitrogens is 1. The van der Waals surface area contributed by atoms with Gasteiger partial charge in [0.05, 0.1) is 6.04 Å². The Bertz CT molecular complexity index is 847. The summed E-state index contributed by atoms with van der Waals surface area (Å²) in [7, 11) is 0. The second-order valence-corrected chi connectivity index (χ2v) is 6.85. The van der Waals surface area contributed by atoms with Gasteiger partial charge in [-0.25, -0.2) is 0 Å². The van der Waals surface area contributed by atoms with Crippen LogP contribution in [0.25, 0.3) is 11.1 Å². The third-order valence-electron chi connectivity index (χ3n) is 4.72. The van der Waals surface area contributed by atoms with Crippen molar-refractivity contribution < 1.29 is 4.79 Å². The van der Waals surface area contributed by atoms with E-state index in [2.05, 4.69) is 52.8 Å². The molecule has 3 heteroatoms. The van der Waals surface area contributed by atoms with Gasteiger partial charge in [-0.2, -0.15) is 0 Å². The molecule has 0 saturated carbocycles. The van der Waals surface area contributed by atoms with E-state index in [9.17, 15) is 4.79 Å². The summed E-state index contributed by atoms with van der Waals surface area (Å²) in [5, 5.41) is 3.12. The first-order chi connectivity index (χ1) is 13.2. The first-order valence-corrected chi connectivity index (χ1v) is 9.56. The van der Waals surface area contributed by atoms with Crippen LogP contribution in [0.5, 0.6) is 0 Å². The monoisotopic (exact) mass is 358 g/mol. The van der Waals surface area contributed by atoms with Gasteiger partial charge in [-0.3, -0.25) is 9.78 Å². The van der Waals surface area contributed by atoms with Crippen molar-refractivity contribution in [3.63, 3.8) is 0 Å². The number of amides is 1. The molecule has 3 nitrogen and oxygen atoms in total. The molecule has 1 N–H and O–H groups in total. The summed E-state index contributed by atoms with van der Waals surface area (Å²) >= 11 is 0. The largest absolute Gasteiger partial charge is 0.350 e. The van der Waals surface area contributed by atoms with Gasteiger partial charge < -0.3 is 5.32 Å². The van der Waals surface area contributed by atoms with E-state index in [1.165, 1.54) is 5.56 Å². The fourth-order valence-electron chi connectivity index (χ4n) is 3.18. The molecule has 1 amide bonds. The second-order valence-electron chi connectivity index (χ2n) is 6.85. The quantitative estimate of drug-likeness (QED) is 0.552. The first-order valence-electron chi connectivity index (χ1n) is 9.56. The molecule has 3 aromatic rings. The number of aryl methyl sites for hydroxylation is 1. The van der Waals surface area contributed by atoms with E-state index in [4.69, 9.17) is 0 Å². The van der Waals surface area contributed by atoms with Crippen molar-refractivity contribution in [3.8, 4) is 11.1 Å². The van der Waals surface area contributed by atoms with Crippen LogP contribution in [0, 0.1) is 0 Å². The normalized spacial score (nSPS) is 11.7. The number of hydrogen-bond donors (Lipinski definition) is 1. The number of unbranched alkanes of at least 4 members (excludes halogenated alkanes) is 1. The van der Waals surface area contributed by atoms with Gasteiger partial charge >= 0.3 is 0 Å². The van der Waals surface area contributed by atoms with Crippen LogP contribution in [0.3, 0.4) is 0 Å². The van der Waals surface area contributed by atoms with Crippen LogP contribution in [0.1, 0.15) is 43.4 Å². The number of rotatable bonds is 8. The highest BCUT2D eigenvalue weighted by Crippen LogP contribution is 2.22. The lowest BCUT2D eigenvalue weighted by molar-refractivity contribution is -0.121. The van der Waals surface area contributed by atoms with Crippen LogP contribution >= 0.6 is 0 Å². The van der Waals surface area contributed by atoms with E-state index < -0.39 is 0 Å². The van der Waals surface area contributed by atoms with E-state index in [-0.39, 0.29) is 11.9 Å². The molecule has 1 heterocycles. The van der Waals surface area contributed by atoms with Crippen LogP contribution in [-0.2, 0) is 11.2 Å². The molecule has 1 atom stereocenters. The van der Waals surface area contributed by atoms with Gasteiger partial charge in [0.25, 0.3) is 0 Å². The summed E-state index contributed by atoms with van der Waals surface area (Å²) in [6, 6.07) is 22.7. The smallest absolute Gasteiger partial charge is 0.220 e. The summed E-state index contributed by atoms with van der Waals surface area (Å²) in [6.07, 6.45) is 7.16. The minimum atomic E-state index is -0.0109. The summed E-state index contributed by atoms with van der Waals surface area (Å²) in [4.78, 5) is 16.4. The average Bonchev–Trinajstić information content (AvgIpc) is 2.73. The fraction of sp³-hybridized carbons (Fsp3) is 0.250. The standard InChI is InChI=1S/C24H26N2O/c1-19(21-12-7-13-22(17-21)23-14-8-16-25-18-23)26-24(27)15-6-5-11-20-9-3-2-4-10-20/h2-4,7-10,12-14,16-19H,5-6,11,15H2,1H3,(H,26,27)/t19-/m0/s1. The number of pyridine rings is 1. The van der Waals surface area contributed by atoms with Gasteiger partial charge in [0, 0.05) is 18.8 Å². The van der Waals surface area contributed by atoms with E-state index in [1.807, 2.05) is 37.4 Å². The number of carbonyl (C=O) groups excluding carboxylic acids is 1. The van der Waals surface area contributed by atoms with Crippen molar-refractivity contribution >= 4 is 5.91 Å². The topological polar surface area (TPSA) is 42.0 Å². The SMILES string of the molecule is C[C@H](NC(=O)CCCCc1ccccc1)c1cccc(-c2cccnc2)c1. The van der Waals surface area contributed by atoms with Crippen LogP contribution < -0.4 is 5.32 Å². The summed E-state index contributed by atoms with van der Waals surface area (Å²) in [5.41, 5.74) is 4.64. The molecule has 0 spiro atoms. The first kappa shape index (κ1) is 18.8. The molecule has 0 unspecified atom stereocenters. The zero-order chi connectivity index (χ0) is 18.9. The minimum Gasteiger partial charge on any atom is -0.350 e. The molecule has 2 aromatic carbocycles. The van der Waals surface area contributed by atoms with Gasteiger partial charge in [0.1, 0.15) is 0 Å². The van der Waals surface area contributed by atoms with Gasteiger partial charge in [0.15, 0.2) is 0 Å². The lowest BCUT2D eigenvalue weighted by atomic mass is 10.0. The highest BCUT2D eigenvalue weighted by atomic mass is 16.1. The number of carbonyl (C=O) groups is 1. The van der Waals surface area contributed by atoms with Gasteiger partial charge in [0.2, 0.25) is 5.91 Å². The predicted octanol–water partition coefficient (Wildman–Crippen LogP) is 5.34. The molecular weight excluding hydrogens is 332 g/mol. The predicted molar refractivity (Wildman–Crippen MR) is 110 cm³/mol. The van der Waals surface area contributed by atoms with Crippen LogP contribution in [0.4, 0.5) is 0 Å². The van der Waals surface area contributed by atoms with Crippen LogP contribution in [0.15, 0.2) is 79.1 Å². The summed E-state index contributed by atoms with van der Waals surface area (Å²) in [6.45, 7) is 2.03. The Balaban J connectivity index is 1.48. The Morgan fingerprint density at radius 2 is 1.78 bits per heavy atom. The van der Waals surface area contributed by atoms with Crippen molar-refractivity contribution in [1.82, 2.24) is 10.3 Å². The maximum absolute atomic E-state index is 12.3. The molecule has 0 radical (unpaired) electrons. The third kappa shape index (κ3) is 5.78. The minimum absolute atomic E-state index is 0.0109. The molecule has 27 heavy (non-hydrogen) atoms. The highest BCUT2D eigenvalue weighted by molar-refractivity contribution is 5.76. The van der Waals surface area contributed by atoms with Crippen molar-refractivity contribution in [1.29, 1.82) is 0 Å². The molecular formula is C24H26N2O. The molecule has 3 rings (SSSR count). The van der Waals surface area contributed by atoms with Gasteiger partial charge in [-0.15, -0.1) is 0 Å². The Labute approximate surface area is 161 Å². The Kier molecular flexibility index (Phi) is 6.75. The fourth-order valence-corrected chi connectivity index (χ4v) is 3.18. The molecule has 0 aliphatic heterocycles. The van der Waals surface area contributed by atoms with Crippen LogP contribution in [0.2, 0.25) is 0 Å².